The first-order valence-corrected chi connectivity index (χ1v) is 7.55. The van der Waals surface area contributed by atoms with Gasteiger partial charge in [-0.25, -0.2) is 0 Å². The molecule has 0 spiro atoms. The van der Waals surface area contributed by atoms with Crippen LogP contribution in [0.2, 0.25) is 0 Å². The van der Waals surface area contributed by atoms with Crippen molar-refractivity contribution in [1.29, 1.82) is 0 Å². The highest BCUT2D eigenvalue weighted by Crippen LogP contribution is 2.22. The van der Waals surface area contributed by atoms with Crippen LogP contribution < -0.4 is 5.32 Å². The molecule has 1 unspecified atom stereocenters. The van der Waals surface area contributed by atoms with E-state index in [4.69, 9.17) is 0 Å². The molecule has 1 heteroatoms. The van der Waals surface area contributed by atoms with E-state index in [0.717, 1.165) is 19.4 Å². The topological polar surface area (TPSA) is 12.0 Å². The van der Waals surface area contributed by atoms with Crippen molar-refractivity contribution < 1.29 is 0 Å². The van der Waals surface area contributed by atoms with Crippen molar-refractivity contribution in [3.63, 3.8) is 0 Å². The summed E-state index contributed by atoms with van der Waals surface area (Å²) in [7, 11) is 0. The summed E-state index contributed by atoms with van der Waals surface area (Å²) in [6, 6.07) is 18.0. The van der Waals surface area contributed by atoms with Crippen LogP contribution in [0.1, 0.15) is 41.6 Å². The first kappa shape index (κ1) is 14.8. The second-order valence-electron chi connectivity index (χ2n) is 5.55. The molecule has 0 saturated carbocycles. The molecule has 2 aromatic rings. The van der Waals surface area contributed by atoms with Gasteiger partial charge in [0.15, 0.2) is 0 Å². The molecule has 0 bridgehead atoms. The summed E-state index contributed by atoms with van der Waals surface area (Å²) >= 11 is 0. The fraction of sp³-hybridized carbons (Fsp3) is 0.368. The Morgan fingerprint density at radius 2 is 1.65 bits per heavy atom. The van der Waals surface area contributed by atoms with Gasteiger partial charge < -0.3 is 5.32 Å². The van der Waals surface area contributed by atoms with Crippen LogP contribution in [0.5, 0.6) is 0 Å². The van der Waals surface area contributed by atoms with E-state index in [2.05, 4.69) is 74.6 Å². The van der Waals surface area contributed by atoms with Crippen molar-refractivity contribution in [1.82, 2.24) is 5.32 Å². The molecule has 0 aliphatic rings. The van der Waals surface area contributed by atoms with E-state index in [9.17, 15) is 0 Å². The zero-order chi connectivity index (χ0) is 14.4. The maximum absolute atomic E-state index is 3.69. The van der Waals surface area contributed by atoms with E-state index >= 15 is 0 Å². The number of nitrogens with one attached hydrogen (secondary N) is 1. The van der Waals surface area contributed by atoms with Gasteiger partial charge in [-0.05, 0) is 49.9 Å². The van der Waals surface area contributed by atoms with Gasteiger partial charge >= 0.3 is 0 Å². The maximum Gasteiger partial charge on any atom is 0.0363 e. The van der Waals surface area contributed by atoms with Crippen molar-refractivity contribution in [2.24, 2.45) is 0 Å². The molecule has 0 aliphatic carbocycles. The Labute approximate surface area is 123 Å². The number of benzene rings is 2. The van der Waals surface area contributed by atoms with Gasteiger partial charge in [-0.15, -0.1) is 0 Å². The van der Waals surface area contributed by atoms with E-state index in [1.807, 2.05) is 0 Å². The number of hydrogen-bond acceptors (Lipinski definition) is 1. The van der Waals surface area contributed by atoms with Gasteiger partial charge in [0.05, 0.1) is 0 Å². The predicted molar refractivity (Wildman–Crippen MR) is 87.1 cm³/mol. The molecule has 2 aromatic carbocycles. The second kappa shape index (κ2) is 7.25. The minimum absolute atomic E-state index is 0.402. The van der Waals surface area contributed by atoms with Gasteiger partial charge in [0.25, 0.3) is 0 Å². The van der Waals surface area contributed by atoms with Gasteiger partial charge in [-0.3, -0.25) is 0 Å². The molecule has 0 aliphatic heterocycles. The molecule has 0 amide bonds. The number of rotatable bonds is 6. The normalized spacial score (nSPS) is 12.3. The molecule has 1 atom stereocenters. The largest absolute Gasteiger partial charge is 0.310 e. The SMILES string of the molecule is CCCNC(Cc1ccc(C)cc1)c1ccccc1C. The summed E-state index contributed by atoms with van der Waals surface area (Å²) in [6.45, 7) is 7.61. The third-order valence-corrected chi connectivity index (χ3v) is 3.77. The Morgan fingerprint density at radius 3 is 2.30 bits per heavy atom. The van der Waals surface area contributed by atoms with Crippen LogP contribution in [0.25, 0.3) is 0 Å². The van der Waals surface area contributed by atoms with Crippen LogP contribution in [0.15, 0.2) is 48.5 Å². The highest BCUT2D eigenvalue weighted by atomic mass is 14.9. The zero-order valence-corrected chi connectivity index (χ0v) is 12.8. The Hall–Kier alpha value is -1.60. The summed E-state index contributed by atoms with van der Waals surface area (Å²) in [6.07, 6.45) is 2.21. The van der Waals surface area contributed by atoms with E-state index in [-0.39, 0.29) is 0 Å². The first-order valence-electron chi connectivity index (χ1n) is 7.55. The van der Waals surface area contributed by atoms with Crippen molar-refractivity contribution in [3.05, 3.63) is 70.8 Å². The summed E-state index contributed by atoms with van der Waals surface area (Å²) < 4.78 is 0. The fourth-order valence-corrected chi connectivity index (χ4v) is 2.55. The van der Waals surface area contributed by atoms with Crippen LogP contribution in [-0.4, -0.2) is 6.54 Å². The number of aryl methyl sites for hydroxylation is 2. The molecule has 0 fully saturated rings. The van der Waals surface area contributed by atoms with Gasteiger partial charge in [-0.1, -0.05) is 61.0 Å². The second-order valence-corrected chi connectivity index (χ2v) is 5.55. The van der Waals surface area contributed by atoms with E-state index < -0.39 is 0 Å². The molecule has 20 heavy (non-hydrogen) atoms. The van der Waals surface area contributed by atoms with Crippen LogP contribution in [-0.2, 0) is 6.42 Å². The first-order chi connectivity index (χ1) is 9.70. The smallest absolute Gasteiger partial charge is 0.0363 e. The van der Waals surface area contributed by atoms with Gasteiger partial charge in [0.1, 0.15) is 0 Å². The lowest BCUT2D eigenvalue weighted by atomic mass is 9.95. The van der Waals surface area contributed by atoms with Gasteiger partial charge in [0, 0.05) is 6.04 Å². The summed E-state index contributed by atoms with van der Waals surface area (Å²) in [5.41, 5.74) is 5.50. The molecule has 0 radical (unpaired) electrons. The average Bonchev–Trinajstić information content (AvgIpc) is 2.46. The van der Waals surface area contributed by atoms with Gasteiger partial charge in [0.2, 0.25) is 0 Å². The minimum Gasteiger partial charge on any atom is -0.310 e. The van der Waals surface area contributed by atoms with Crippen molar-refractivity contribution >= 4 is 0 Å². The lowest BCUT2D eigenvalue weighted by Crippen LogP contribution is -2.24. The Bertz CT molecular complexity index is 528. The minimum atomic E-state index is 0.402. The predicted octanol–water partition coefficient (Wildman–Crippen LogP) is 4.59. The highest BCUT2D eigenvalue weighted by Gasteiger charge is 2.13. The summed E-state index contributed by atoms with van der Waals surface area (Å²) in [5.74, 6) is 0. The molecule has 0 saturated heterocycles. The van der Waals surface area contributed by atoms with Crippen molar-refractivity contribution in [3.8, 4) is 0 Å². The van der Waals surface area contributed by atoms with Crippen LogP contribution >= 0.6 is 0 Å². The molecule has 1 N–H and O–H groups in total. The highest BCUT2D eigenvalue weighted by molar-refractivity contribution is 5.31. The Balaban J connectivity index is 2.19. The third-order valence-electron chi connectivity index (χ3n) is 3.77. The summed E-state index contributed by atoms with van der Waals surface area (Å²) in [4.78, 5) is 0. The summed E-state index contributed by atoms with van der Waals surface area (Å²) in [5, 5.41) is 3.69. The fourth-order valence-electron chi connectivity index (χ4n) is 2.55. The van der Waals surface area contributed by atoms with E-state index in [0.29, 0.717) is 6.04 Å². The standard InChI is InChI=1S/C19H25N/c1-4-13-20-19(18-8-6-5-7-16(18)3)14-17-11-9-15(2)10-12-17/h5-12,19-20H,4,13-14H2,1-3H3. The maximum atomic E-state index is 3.69. The van der Waals surface area contributed by atoms with Crippen LogP contribution in [0.4, 0.5) is 0 Å². The third kappa shape index (κ3) is 3.94. The van der Waals surface area contributed by atoms with E-state index in [1.165, 1.54) is 22.3 Å². The van der Waals surface area contributed by atoms with Crippen LogP contribution in [0.3, 0.4) is 0 Å². The molecular formula is C19H25N. The number of hydrogen-bond donors (Lipinski definition) is 1. The molecular weight excluding hydrogens is 242 g/mol. The molecule has 2 rings (SSSR count). The molecule has 0 heterocycles. The van der Waals surface area contributed by atoms with E-state index in [1.54, 1.807) is 0 Å². The Morgan fingerprint density at radius 1 is 0.950 bits per heavy atom. The van der Waals surface area contributed by atoms with Gasteiger partial charge in [-0.2, -0.15) is 0 Å². The lowest BCUT2D eigenvalue weighted by Gasteiger charge is -2.21. The van der Waals surface area contributed by atoms with Crippen molar-refractivity contribution in [2.45, 2.75) is 39.7 Å². The Kier molecular flexibility index (Phi) is 5.37. The monoisotopic (exact) mass is 267 g/mol. The quantitative estimate of drug-likeness (QED) is 0.807. The molecule has 106 valence electrons. The van der Waals surface area contributed by atoms with Crippen LogP contribution in [0, 0.1) is 13.8 Å². The lowest BCUT2D eigenvalue weighted by molar-refractivity contribution is 0.527. The zero-order valence-electron chi connectivity index (χ0n) is 12.8. The van der Waals surface area contributed by atoms with Crippen molar-refractivity contribution in [2.75, 3.05) is 6.54 Å². The molecule has 1 nitrogen and oxygen atoms in total. The molecule has 0 aromatic heterocycles. The average molecular weight is 267 g/mol.